The van der Waals surface area contributed by atoms with Crippen molar-refractivity contribution in [1.29, 1.82) is 0 Å². The van der Waals surface area contributed by atoms with Crippen LogP contribution in [0.4, 0.5) is 4.79 Å². The zero-order valence-corrected chi connectivity index (χ0v) is 16.6. The van der Waals surface area contributed by atoms with Gasteiger partial charge in [-0.25, -0.2) is 4.79 Å². The van der Waals surface area contributed by atoms with Gasteiger partial charge in [-0.05, 0) is 69.9 Å². The molecular weight excluding hydrogens is 340 g/mol. The summed E-state index contributed by atoms with van der Waals surface area (Å²) in [6.45, 7) is 7.95. The number of amides is 1. The van der Waals surface area contributed by atoms with E-state index in [4.69, 9.17) is 4.74 Å². The van der Waals surface area contributed by atoms with E-state index in [1.165, 1.54) is 0 Å². The molecule has 2 heterocycles. The number of aromatic nitrogens is 1. The molecule has 1 saturated heterocycles. The summed E-state index contributed by atoms with van der Waals surface area (Å²) in [5, 5.41) is 1.10. The summed E-state index contributed by atoms with van der Waals surface area (Å²) in [6, 6.07) is 11.6. The topological polar surface area (TPSA) is 51.5 Å². The number of carbonyl (C=O) groups is 1. The number of aryl methyl sites for hydroxylation is 1. The number of hydrogen-bond acceptors (Lipinski definition) is 3. The van der Waals surface area contributed by atoms with Crippen molar-refractivity contribution in [2.45, 2.75) is 58.6 Å². The maximum Gasteiger partial charge on any atom is 0.410 e. The van der Waals surface area contributed by atoms with Gasteiger partial charge in [0.25, 0.3) is 5.56 Å². The third-order valence-electron chi connectivity index (χ3n) is 5.16. The minimum atomic E-state index is -0.445. The summed E-state index contributed by atoms with van der Waals surface area (Å²) in [5.74, 6) is 0.606. The lowest BCUT2D eigenvalue weighted by molar-refractivity contribution is 0.0180. The number of pyridine rings is 1. The van der Waals surface area contributed by atoms with Crippen LogP contribution in [0, 0.1) is 5.92 Å². The number of ether oxygens (including phenoxy) is 1. The molecular formula is C22H30N2O3. The Hall–Kier alpha value is -2.30. The van der Waals surface area contributed by atoms with Crippen molar-refractivity contribution < 1.29 is 9.53 Å². The van der Waals surface area contributed by atoms with Crippen LogP contribution >= 0.6 is 0 Å². The Morgan fingerprint density at radius 2 is 1.81 bits per heavy atom. The molecule has 1 amide bonds. The van der Waals surface area contributed by atoms with Crippen molar-refractivity contribution in [1.82, 2.24) is 9.47 Å². The van der Waals surface area contributed by atoms with Crippen molar-refractivity contribution in [3.63, 3.8) is 0 Å². The highest BCUT2D eigenvalue weighted by atomic mass is 16.6. The van der Waals surface area contributed by atoms with Crippen molar-refractivity contribution in [2.75, 3.05) is 13.1 Å². The first-order chi connectivity index (χ1) is 12.8. The van der Waals surface area contributed by atoms with Crippen LogP contribution in [0.2, 0.25) is 0 Å². The third-order valence-corrected chi connectivity index (χ3v) is 5.16. The van der Waals surface area contributed by atoms with Crippen LogP contribution in [0.3, 0.4) is 0 Å². The molecule has 0 radical (unpaired) electrons. The largest absolute Gasteiger partial charge is 0.444 e. The Bertz CT molecular complexity index is 842. The monoisotopic (exact) mass is 370 g/mol. The summed E-state index contributed by atoms with van der Waals surface area (Å²) >= 11 is 0. The molecule has 0 saturated carbocycles. The molecule has 1 aliphatic heterocycles. The van der Waals surface area contributed by atoms with Gasteiger partial charge in [0, 0.05) is 25.7 Å². The van der Waals surface area contributed by atoms with Gasteiger partial charge in [-0.15, -0.1) is 0 Å². The molecule has 0 N–H and O–H groups in total. The van der Waals surface area contributed by atoms with Gasteiger partial charge in [0.2, 0.25) is 0 Å². The molecule has 0 bridgehead atoms. The quantitative estimate of drug-likeness (QED) is 0.800. The summed E-state index contributed by atoms with van der Waals surface area (Å²) in [4.78, 5) is 26.2. The highest BCUT2D eigenvalue weighted by Gasteiger charge is 2.26. The molecule has 1 aromatic heterocycles. The van der Waals surface area contributed by atoms with E-state index >= 15 is 0 Å². The van der Waals surface area contributed by atoms with E-state index in [-0.39, 0.29) is 11.7 Å². The van der Waals surface area contributed by atoms with E-state index in [1.807, 2.05) is 60.6 Å². The second kappa shape index (κ2) is 8.15. The van der Waals surface area contributed by atoms with Crippen LogP contribution in [-0.4, -0.2) is 34.3 Å². The van der Waals surface area contributed by atoms with Crippen molar-refractivity contribution >= 4 is 17.0 Å². The molecule has 5 nitrogen and oxygen atoms in total. The first-order valence-electron chi connectivity index (χ1n) is 9.90. The van der Waals surface area contributed by atoms with E-state index in [2.05, 4.69) is 0 Å². The number of benzene rings is 1. The van der Waals surface area contributed by atoms with Crippen LogP contribution < -0.4 is 5.56 Å². The first-order valence-corrected chi connectivity index (χ1v) is 9.90. The van der Waals surface area contributed by atoms with Gasteiger partial charge >= 0.3 is 6.09 Å². The normalized spacial score (nSPS) is 15.9. The molecule has 2 aromatic rings. The second-order valence-corrected chi connectivity index (χ2v) is 8.44. The van der Waals surface area contributed by atoms with Gasteiger partial charge in [0.1, 0.15) is 5.60 Å². The van der Waals surface area contributed by atoms with E-state index in [0.29, 0.717) is 5.92 Å². The lowest BCUT2D eigenvalue weighted by atomic mass is 9.92. The molecule has 146 valence electrons. The number of carbonyl (C=O) groups excluding carboxylic acids is 1. The van der Waals surface area contributed by atoms with E-state index in [1.54, 1.807) is 6.07 Å². The van der Waals surface area contributed by atoms with Crippen molar-refractivity contribution in [2.24, 2.45) is 5.92 Å². The van der Waals surface area contributed by atoms with Crippen molar-refractivity contribution in [3.8, 4) is 0 Å². The number of para-hydroxylation sites is 1. The Morgan fingerprint density at radius 3 is 2.52 bits per heavy atom. The zero-order valence-electron chi connectivity index (χ0n) is 16.6. The minimum Gasteiger partial charge on any atom is -0.444 e. The number of fused-ring (bicyclic) bond motifs is 1. The van der Waals surface area contributed by atoms with Crippen LogP contribution in [0.25, 0.3) is 10.9 Å². The lowest BCUT2D eigenvalue weighted by Crippen LogP contribution is -2.41. The Balaban J connectivity index is 1.50. The summed E-state index contributed by atoms with van der Waals surface area (Å²) in [6.07, 6.45) is 3.86. The average molecular weight is 370 g/mol. The number of nitrogens with zero attached hydrogens (tertiary/aromatic N) is 2. The predicted octanol–water partition coefficient (Wildman–Crippen LogP) is 4.43. The molecule has 5 heteroatoms. The SMILES string of the molecule is CC(C)(C)OC(=O)N1CCC(CCCn2c(=O)ccc3ccccc32)CC1. The maximum absolute atomic E-state index is 12.3. The smallest absolute Gasteiger partial charge is 0.410 e. The van der Waals surface area contributed by atoms with Crippen molar-refractivity contribution in [3.05, 3.63) is 46.8 Å². The molecule has 1 fully saturated rings. The third kappa shape index (κ3) is 5.12. The van der Waals surface area contributed by atoms with E-state index in [0.717, 1.165) is 56.2 Å². The first kappa shape index (κ1) is 19.5. The van der Waals surface area contributed by atoms with Gasteiger partial charge in [-0.3, -0.25) is 4.79 Å². The highest BCUT2D eigenvalue weighted by molar-refractivity contribution is 5.78. The number of piperidine rings is 1. The fourth-order valence-electron chi connectivity index (χ4n) is 3.74. The van der Waals surface area contributed by atoms with Crippen LogP contribution in [0.5, 0.6) is 0 Å². The van der Waals surface area contributed by atoms with Gasteiger partial charge < -0.3 is 14.2 Å². The van der Waals surface area contributed by atoms with Gasteiger partial charge in [0.15, 0.2) is 0 Å². The summed E-state index contributed by atoms with van der Waals surface area (Å²) < 4.78 is 7.33. The highest BCUT2D eigenvalue weighted by Crippen LogP contribution is 2.24. The van der Waals surface area contributed by atoms with Crippen LogP contribution in [-0.2, 0) is 11.3 Å². The standard InChI is InChI=1S/C22H30N2O3/c1-22(2,3)27-21(26)23-15-12-17(13-16-23)7-6-14-24-19-9-5-4-8-18(19)10-11-20(24)25/h4-5,8-11,17H,6-7,12-16H2,1-3H3. The molecule has 0 spiro atoms. The van der Waals surface area contributed by atoms with Gasteiger partial charge in [-0.2, -0.15) is 0 Å². The number of likely N-dealkylation sites (tertiary alicyclic amines) is 1. The van der Waals surface area contributed by atoms with E-state index < -0.39 is 5.60 Å². The second-order valence-electron chi connectivity index (χ2n) is 8.44. The molecule has 1 aromatic carbocycles. The Morgan fingerprint density at radius 1 is 1.11 bits per heavy atom. The fourth-order valence-corrected chi connectivity index (χ4v) is 3.74. The molecule has 0 unspecified atom stereocenters. The number of rotatable bonds is 4. The molecule has 27 heavy (non-hydrogen) atoms. The maximum atomic E-state index is 12.3. The zero-order chi connectivity index (χ0) is 19.4. The summed E-state index contributed by atoms with van der Waals surface area (Å²) in [7, 11) is 0. The van der Waals surface area contributed by atoms with Crippen LogP contribution in [0.15, 0.2) is 41.2 Å². The predicted molar refractivity (Wildman–Crippen MR) is 108 cm³/mol. The molecule has 3 rings (SSSR count). The lowest BCUT2D eigenvalue weighted by Gasteiger charge is -2.33. The molecule has 1 aliphatic rings. The number of hydrogen-bond donors (Lipinski definition) is 0. The van der Waals surface area contributed by atoms with E-state index in [9.17, 15) is 9.59 Å². The minimum absolute atomic E-state index is 0.0634. The van der Waals surface area contributed by atoms with Gasteiger partial charge in [0.05, 0.1) is 5.52 Å². The van der Waals surface area contributed by atoms with Crippen LogP contribution in [0.1, 0.15) is 46.5 Å². The molecule has 0 aliphatic carbocycles. The fraction of sp³-hybridized carbons (Fsp3) is 0.545. The average Bonchev–Trinajstić information content (AvgIpc) is 2.62. The Kier molecular flexibility index (Phi) is 5.88. The van der Waals surface area contributed by atoms with Gasteiger partial charge in [-0.1, -0.05) is 18.2 Å². The summed E-state index contributed by atoms with van der Waals surface area (Å²) in [5.41, 5.74) is 0.623. The Labute approximate surface area is 160 Å². The molecule has 0 atom stereocenters.